The second-order valence-corrected chi connectivity index (χ2v) is 5.98. The minimum atomic E-state index is 0.689. The van der Waals surface area contributed by atoms with Crippen LogP contribution in [-0.4, -0.2) is 36.6 Å². The molecule has 1 saturated heterocycles. The molecular weight excluding hydrogens is 252 g/mol. The van der Waals surface area contributed by atoms with Gasteiger partial charge >= 0.3 is 0 Å². The Balaban J connectivity index is 1.91. The smallest absolute Gasteiger partial charge is 0.0298 e. The second-order valence-electron chi connectivity index (χ2n) is 4.86. The molecule has 0 radical (unpaired) electrons. The number of rotatable bonds is 4. The van der Waals surface area contributed by atoms with Crippen molar-refractivity contribution in [3.63, 3.8) is 0 Å². The van der Waals surface area contributed by atoms with Crippen molar-refractivity contribution in [3.8, 4) is 0 Å². The van der Waals surface area contributed by atoms with E-state index in [1.807, 2.05) is 0 Å². The summed E-state index contributed by atoms with van der Waals surface area (Å²) in [6, 6.07) is 1.42. The van der Waals surface area contributed by atoms with Gasteiger partial charge in [0.15, 0.2) is 0 Å². The maximum absolute atomic E-state index is 3.96. The first-order valence-corrected chi connectivity index (χ1v) is 6.80. The molecule has 1 N–H and O–H groups in total. The summed E-state index contributed by atoms with van der Waals surface area (Å²) in [7, 11) is 0. The van der Waals surface area contributed by atoms with E-state index in [0.717, 1.165) is 29.5 Å². The van der Waals surface area contributed by atoms with Crippen molar-refractivity contribution >= 4 is 15.9 Å². The van der Waals surface area contributed by atoms with E-state index in [1.165, 1.54) is 25.8 Å². The molecule has 2 unspecified atom stereocenters. The Bertz CT molecular complexity index is 238. The number of hydrogen-bond donors (Lipinski definition) is 1. The van der Waals surface area contributed by atoms with E-state index in [0.29, 0.717) is 6.04 Å². The van der Waals surface area contributed by atoms with Crippen molar-refractivity contribution in [2.75, 3.05) is 19.6 Å². The molecule has 2 fully saturated rings. The Kier molecular flexibility index (Phi) is 3.86. The van der Waals surface area contributed by atoms with Crippen LogP contribution in [0.5, 0.6) is 0 Å². The van der Waals surface area contributed by atoms with Crippen molar-refractivity contribution in [2.24, 2.45) is 5.92 Å². The lowest BCUT2D eigenvalue weighted by Crippen LogP contribution is -2.57. The van der Waals surface area contributed by atoms with Crippen LogP contribution in [0.4, 0.5) is 0 Å². The van der Waals surface area contributed by atoms with Crippen molar-refractivity contribution < 1.29 is 0 Å². The Morgan fingerprint density at radius 3 is 2.80 bits per heavy atom. The molecule has 1 aliphatic heterocycles. The number of hydrogen-bond acceptors (Lipinski definition) is 2. The van der Waals surface area contributed by atoms with Gasteiger partial charge in [0.1, 0.15) is 0 Å². The van der Waals surface area contributed by atoms with Gasteiger partial charge in [-0.05, 0) is 25.2 Å². The first kappa shape index (κ1) is 11.6. The summed E-state index contributed by atoms with van der Waals surface area (Å²) in [4.78, 5) is 2.58. The minimum Gasteiger partial charge on any atom is -0.311 e. The molecule has 0 amide bonds. The lowest BCUT2D eigenvalue weighted by Gasteiger charge is -2.40. The van der Waals surface area contributed by atoms with Crippen molar-refractivity contribution in [3.05, 3.63) is 11.1 Å². The van der Waals surface area contributed by atoms with E-state index in [1.54, 1.807) is 0 Å². The summed E-state index contributed by atoms with van der Waals surface area (Å²) in [5, 5.41) is 3.70. The van der Waals surface area contributed by atoms with Crippen molar-refractivity contribution in [2.45, 2.75) is 38.3 Å². The van der Waals surface area contributed by atoms with Crippen molar-refractivity contribution in [1.82, 2.24) is 10.2 Å². The number of halogens is 1. The topological polar surface area (TPSA) is 15.3 Å². The van der Waals surface area contributed by atoms with Crippen LogP contribution >= 0.6 is 15.9 Å². The van der Waals surface area contributed by atoms with Gasteiger partial charge in [-0.3, -0.25) is 4.90 Å². The van der Waals surface area contributed by atoms with Gasteiger partial charge in [-0.25, -0.2) is 0 Å². The molecule has 15 heavy (non-hydrogen) atoms. The maximum Gasteiger partial charge on any atom is 0.0298 e. The summed E-state index contributed by atoms with van der Waals surface area (Å²) >= 11 is 3.48. The van der Waals surface area contributed by atoms with E-state index < -0.39 is 0 Å². The Labute approximate surface area is 101 Å². The fourth-order valence-corrected chi connectivity index (χ4v) is 2.84. The van der Waals surface area contributed by atoms with Gasteiger partial charge in [-0.1, -0.05) is 29.4 Å². The molecule has 2 rings (SSSR count). The van der Waals surface area contributed by atoms with Crippen LogP contribution in [-0.2, 0) is 0 Å². The standard InChI is InChI=1S/C12H21BrN2/c1-3-11-6-14-12(10-4-5-10)8-15(11)7-9(2)13/h10-12,14H,2-8H2,1H3. The predicted octanol–water partition coefficient (Wildman–Crippen LogP) is 2.36. The van der Waals surface area contributed by atoms with E-state index in [-0.39, 0.29) is 0 Å². The van der Waals surface area contributed by atoms with Crippen molar-refractivity contribution in [1.29, 1.82) is 0 Å². The number of nitrogens with zero attached hydrogens (tertiary/aromatic N) is 1. The molecule has 0 spiro atoms. The number of piperazine rings is 1. The largest absolute Gasteiger partial charge is 0.311 e. The summed E-state index contributed by atoms with van der Waals surface area (Å²) in [5.41, 5.74) is 0. The molecule has 0 aromatic heterocycles. The van der Waals surface area contributed by atoms with Gasteiger partial charge in [0.2, 0.25) is 0 Å². The monoisotopic (exact) mass is 272 g/mol. The van der Waals surface area contributed by atoms with Gasteiger partial charge in [0.25, 0.3) is 0 Å². The molecule has 0 aromatic rings. The molecule has 1 saturated carbocycles. The summed E-state index contributed by atoms with van der Waals surface area (Å²) in [6.07, 6.45) is 4.08. The molecule has 1 aliphatic carbocycles. The average molecular weight is 273 g/mol. The van der Waals surface area contributed by atoms with E-state index in [4.69, 9.17) is 0 Å². The van der Waals surface area contributed by atoms with Gasteiger partial charge in [-0.2, -0.15) is 0 Å². The Hall–Kier alpha value is 0.140. The average Bonchev–Trinajstić information content (AvgIpc) is 3.00. The zero-order valence-electron chi connectivity index (χ0n) is 9.51. The fourth-order valence-electron chi connectivity index (χ4n) is 2.51. The number of nitrogens with one attached hydrogen (secondary N) is 1. The second kappa shape index (κ2) is 4.98. The van der Waals surface area contributed by atoms with Crippen LogP contribution in [0.25, 0.3) is 0 Å². The molecule has 2 nitrogen and oxygen atoms in total. The summed E-state index contributed by atoms with van der Waals surface area (Å²) < 4.78 is 1.11. The third-order valence-corrected chi connectivity index (χ3v) is 3.85. The van der Waals surface area contributed by atoms with E-state index >= 15 is 0 Å². The zero-order chi connectivity index (χ0) is 10.8. The highest BCUT2D eigenvalue weighted by molar-refractivity contribution is 9.11. The van der Waals surface area contributed by atoms with Crippen LogP contribution in [0.1, 0.15) is 26.2 Å². The molecule has 0 aromatic carbocycles. The molecular formula is C12H21BrN2. The van der Waals surface area contributed by atoms with Crippen LogP contribution in [0.3, 0.4) is 0 Å². The quantitative estimate of drug-likeness (QED) is 0.846. The molecule has 86 valence electrons. The molecule has 1 heterocycles. The van der Waals surface area contributed by atoms with Crippen LogP contribution in [0, 0.1) is 5.92 Å². The lowest BCUT2D eigenvalue weighted by molar-refractivity contribution is 0.132. The fraction of sp³-hybridized carbons (Fsp3) is 0.833. The zero-order valence-corrected chi connectivity index (χ0v) is 11.1. The van der Waals surface area contributed by atoms with Gasteiger partial charge < -0.3 is 5.32 Å². The summed E-state index contributed by atoms with van der Waals surface area (Å²) in [5.74, 6) is 0.953. The highest BCUT2D eigenvalue weighted by atomic mass is 79.9. The van der Waals surface area contributed by atoms with Crippen LogP contribution in [0.2, 0.25) is 0 Å². The van der Waals surface area contributed by atoms with E-state index in [2.05, 4.69) is 39.6 Å². The third kappa shape index (κ3) is 3.05. The predicted molar refractivity (Wildman–Crippen MR) is 68.2 cm³/mol. The molecule has 2 atom stereocenters. The van der Waals surface area contributed by atoms with Gasteiger partial charge in [-0.15, -0.1) is 0 Å². The molecule has 2 aliphatic rings. The maximum atomic E-state index is 3.96. The molecule has 3 heteroatoms. The normalized spacial score (nSPS) is 32.9. The first-order chi connectivity index (χ1) is 7.20. The molecule has 0 bridgehead atoms. The highest BCUT2D eigenvalue weighted by Gasteiger charge is 2.36. The van der Waals surface area contributed by atoms with E-state index in [9.17, 15) is 0 Å². The Morgan fingerprint density at radius 1 is 1.53 bits per heavy atom. The Morgan fingerprint density at radius 2 is 2.27 bits per heavy atom. The SMILES string of the molecule is C=C(Br)CN1CC(C2CC2)NCC1CC. The first-order valence-electron chi connectivity index (χ1n) is 6.01. The van der Waals surface area contributed by atoms with Gasteiger partial charge in [0, 0.05) is 36.2 Å². The van der Waals surface area contributed by atoms with Gasteiger partial charge in [0.05, 0.1) is 0 Å². The summed E-state index contributed by atoms with van der Waals surface area (Å²) in [6.45, 7) is 9.59. The lowest BCUT2D eigenvalue weighted by atomic mass is 10.0. The van der Waals surface area contributed by atoms with Crippen LogP contribution in [0.15, 0.2) is 11.1 Å². The highest BCUT2D eigenvalue weighted by Crippen LogP contribution is 2.34. The van der Waals surface area contributed by atoms with Crippen LogP contribution < -0.4 is 5.32 Å². The minimum absolute atomic E-state index is 0.689. The third-order valence-electron chi connectivity index (χ3n) is 3.60.